The van der Waals surface area contributed by atoms with Crippen LogP contribution < -0.4 is 10.1 Å². The van der Waals surface area contributed by atoms with Crippen molar-refractivity contribution in [3.8, 4) is 5.75 Å². The Balaban J connectivity index is 2.17. The normalized spacial score (nSPS) is 20.1. The summed E-state index contributed by atoms with van der Waals surface area (Å²) < 4.78 is 6.17. The summed E-state index contributed by atoms with van der Waals surface area (Å²) in [6, 6.07) is 4.50. The molecule has 1 heterocycles. The summed E-state index contributed by atoms with van der Waals surface area (Å²) >= 11 is 9.72. The lowest BCUT2D eigenvalue weighted by molar-refractivity contribution is 0.412. The highest BCUT2D eigenvalue weighted by Gasteiger charge is 2.17. The topological polar surface area (TPSA) is 21.3 Å². The minimum atomic E-state index is 0.567. The number of nitrogens with one attached hydrogen (secondary N) is 1. The Bertz CT molecular complexity index is 378. The van der Waals surface area contributed by atoms with Crippen LogP contribution in [0, 0.1) is 0 Å². The molecular formula is C12H15BrClNO. The first kappa shape index (κ1) is 12.2. The zero-order valence-electron chi connectivity index (χ0n) is 9.22. The van der Waals surface area contributed by atoms with E-state index in [1.807, 2.05) is 6.07 Å². The van der Waals surface area contributed by atoms with Gasteiger partial charge in [0.05, 0.1) is 11.6 Å². The van der Waals surface area contributed by atoms with Crippen LogP contribution in [0.25, 0.3) is 0 Å². The number of hydrogen-bond acceptors (Lipinski definition) is 2. The van der Waals surface area contributed by atoms with E-state index < -0.39 is 0 Å². The minimum Gasteiger partial charge on any atom is -0.496 e. The van der Waals surface area contributed by atoms with E-state index in [-0.39, 0.29) is 0 Å². The van der Waals surface area contributed by atoms with Gasteiger partial charge in [-0.3, -0.25) is 0 Å². The van der Waals surface area contributed by atoms with Gasteiger partial charge in [0.15, 0.2) is 0 Å². The molecular weight excluding hydrogens is 289 g/mol. The molecule has 0 aromatic heterocycles. The van der Waals surface area contributed by atoms with Crippen LogP contribution in [-0.4, -0.2) is 19.7 Å². The van der Waals surface area contributed by atoms with Crippen LogP contribution in [0.1, 0.15) is 18.4 Å². The molecule has 4 heteroatoms. The molecule has 0 saturated carbocycles. The minimum absolute atomic E-state index is 0.567. The van der Waals surface area contributed by atoms with Crippen LogP contribution in [0.3, 0.4) is 0 Å². The Hall–Kier alpha value is -0.250. The summed E-state index contributed by atoms with van der Waals surface area (Å²) in [4.78, 5) is 0. The van der Waals surface area contributed by atoms with E-state index in [0.29, 0.717) is 6.04 Å². The second-order valence-electron chi connectivity index (χ2n) is 4.08. The van der Waals surface area contributed by atoms with Gasteiger partial charge in [-0.15, -0.1) is 0 Å². The molecule has 2 nitrogen and oxygen atoms in total. The zero-order chi connectivity index (χ0) is 11.5. The third-order valence-corrected chi connectivity index (χ3v) is 3.92. The molecule has 1 unspecified atom stereocenters. The molecule has 1 aliphatic rings. The second kappa shape index (κ2) is 5.39. The first-order valence-electron chi connectivity index (χ1n) is 5.46. The van der Waals surface area contributed by atoms with Gasteiger partial charge >= 0.3 is 0 Å². The predicted octanol–water partition coefficient (Wildman–Crippen LogP) is 3.41. The molecule has 1 N–H and O–H groups in total. The molecule has 0 aliphatic carbocycles. The summed E-state index contributed by atoms with van der Waals surface area (Å²) in [7, 11) is 1.65. The lowest BCUT2D eigenvalue weighted by atomic mass is 10.0. The van der Waals surface area contributed by atoms with Gasteiger partial charge in [0.25, 0.3) is 0 Å². The van der Waals surface area contributed by atoms with Crippen molar-refractivity contribution in [3.63, 3.8) is 0 Å². The van der Waals surface area contributed by atoms with Crippen molar-refractivity contribution in [1.29, 1.82) is 0 Å². The van der Waals surface area contributed by atoms with Gasteiger partial charge in [-0.2, -0.15) is 0 Å². The average molecular weight is 305 g/mol. The van der Waals surface area contributed by atoms with Crippen LogP contribution in [0.2, 0.25) is 5.02 Å². The van der Waals surface area contributed by atoms with E-state index >= 15 is 0 Å². The fourth-order valence-electron chi connectivity index (χ4n) is 2.08. The number of ether oxygens (including phenoxy) is 1. The van der Waals surface area contributed by atoms with Crippen molar-refractivity contribution in [2.24, 2.45) is 0 Å². The van der Waals surface area contributed by atoms with E-state index in [9.17, 15) is 0 Å². The van der Waals surface area contributed by atoms with Crippen LogP contribution >= 0.6 is 27.5 Å². The third kappa shape index (κ3) is 2.70. The Morgan fingerprint density at radius 1 is 1.56 bits per heavy atom. The molecule has 0 radical (unpaired) electrons. The van der Waals surface area contributed by atoms with Crippen molar-refractivity contribution in [1.82, 2.24) is 5.32 Å². The van der Waals surface area contributed by atoms with Gasteiger partial charge in [0, 0.05) is 17.1 Å². The molecule has 0 amide bonds. The maximum atomic E-state index is 6.23. The van der Waals surface area contributed by atoms with E-state index in [4.69, 9.17) is 16.3 Å². The molecule has 1 saturated heterocycles. The van der Waals surface area contributed by atoms with E-state index in [2.05, 4.69) is 27.3 Å². The lowest BCUT2D eigenvalue weighted by Crippen LogP contribution is -2.23. The monoisotopic (exact) mass is 303 g/mol. The van der Waals surface area contributed by atoms with Gasteiger partial charge in [-0.05, 0) is 53.4 Å². The molecule has 2 rings (SSSR count). The molecule has 1 aliphatic heterocycles. The van der Waals surface area contributed by atoms with Gasteiger partial charge in [-0.25, -0.2) is 0 Å². The molecule has 0 bridgehead atoms. The fraction of sp³-hybridized carbons (Fsp3) is 0.500. The number of hydrogen-bond donors (Lipinski definition) is 1. The summed E-state index contributed by atoms with van der Waals surface area (Å²) in [6.45, 7) is 1.12. The van der Waals surface area contributed by atoms with E-state index in [1.54, 1.807) is 7.11 Å². The highest BCUT2D eigenvalue weighted by Crippen LogP contribution is 2.32. The van der Waals surface area contributed by atoms with Crippen LogP contribution in [-0.2, 0) is 6.42 Å². The fourth-order valence-corrected chi connectivity index (χ4v) is 2.86. The van der Waals surface area contributed by atoms with Crippen molar-refractivity contribution in [2.45, 2.75) is 25.3 Å². The smallest absolute Gasteiger partial charge is 0.134 e. The van der Waals surface area contributed by atoms with Crippen LogP contribution in [0.4, 0.5) is 0 Å². The number of methoxy groups -OCH3 is 1. The van der Waals surface area contributed by atoms with E-state index in [0.717, 1.165) is 28.2 Å². The Labute approximate surface area is 109 Å². The summed E-state index contributed by atoms with van der Waals surface area (Å²) in [5, 5.41) is 4.26. The molecule has 1 fully saturated rings. The molecule has 16 heavy (non-hydrogen) atoms. The predicted molar refractivity (Wildman–Crippen MR) is 70.4 cm³/mol. The Kier molecular flexibility index (Phi) is 4.11. The number of benzene rings is 1. The van der Waals surface area contributed by atoms with Crippen molar-refractivity contribution >= 4 is 27.5 Å². The first-order chi connectivity index (χ1) is 7.70. The Morgan fingerprint density at radius 2 is 2.38 bits per heavy atom. The molecule has 1 atom stereocenters. The van der Waals surface area contributed by atoms with Crippen molar-refractivity contribution in [3.05, 3.63) is 27.2 Å². The molecule has 88 valence electrons. The van der Waals surface area contributed by atoms with Gasteiger partial charge in [0.1, 0.15) is 5.75 Å². The summed E-state index contributed by atoms with van der Waals surface area (Å²) in [6.07, 6.45) is 3.49. The quantitative estimate of drug-likeness (QED) is 0.924. The third-order valence-electron chi connectivity index (χ3n) is 2.95. The zero-order valence-corrected chi connectivity index (χ0v) is 11.6. The standard InChI is InChI=1S/C12H15BrClNO/c1-16-12-7-11(14)8(6-10(12)13)5-9-3-2-4-15-9/h6-7,9,15H,2-5H2,1H3. The van der Waals surface area contributed by atoms with Gasteiger partial charge < -0.3 is 10.1 Å². The first-order valence-corrected chi connectivity index (χ1v) is 6.63. The van der Waals surface area contributed by atoms with Crippen LogP contribution in [0.15, 0.2) is 16.6 Å². The summed E-state index contributed by atoms with van der Waals surface area (Å²) in [5.74, 6) is 0.785. The van der Waals surface area contributed by atoms with Crippen LogP contribution in [0.5, 0.6) is 5.75 Å². The maximum Gasteiger partial charge on any atom is 0.134 e. The largest absolute Gasteiger partial charge is 0.496 e. The SMILES string of the molecule is COc1cc(Cl)c(CC2CCCN2)cc1Br. The number of rotatable bonds is 3. The van der Waals surface area contributed by atoms with E-state index in [1.165, 1.54) is 18.4 Å². The maximum absolute atomic E-state index is 6.23. The average Bonchev–Trinajstić information content (AvgIpc) is 2.75. The Morgan fingerprint density at radius 3 is 3.00 bits per heavy atom. The highest BCUT2D eigenvalue weighted by atomic mass is 79.9. The second-order valence-corrected chi connectivity index (χ2v) is 5.34. The van der Waals surface area contributed by atoms with Gasteiger partial charge in [-0.1, -0.05) is 11.6 Å². The number of halogens is 2. The summed E-state index contributed by atoms with van der Waals surface area (Å²) in [5.41, 5.74) is 1.17. The molecule has 1 aromatic carbocycles. The van der Waals surface area contributed by atoms with Crippen molar-refractivity contribution < 1.29 is 4.74 Å². The molecule has 0 spiro atoms. The molecule has 1 aromatic rings. The van der Waals surface area contributed by atoms with Crippen molar-refractivity contribution in [2.75, 3.05) is 13.7 Å². The van der Waals surface area contributed by atoms with Gasteiger partial charge in [0.2, 0.25) is 0 Å². The highest BCUT2D eigenvalue weighted by molar-refractivity contribution is 9.10. The lowest BCUT2D eigenvalue weighted by Gasteiger charge is -2.13.